The summed E-state index contributed by atoms with van der Waals surface area (Å²) in [5, 5.41) is 9.49. The predicted molar refractivity (Wildman–Crippen MR) is 72.2 cm³/mol. The summed E-state index contributed by atoms with van der Waals surface area (Å²) in [6.45, 7) is 2.38. The minimum absolute atomic E-state index is 0.0171. The number of amides is 1. The van der Waals surface area contributed by atoms with E-state index < -0.39 is 0 Å². The second kappa shape index (κ2) is 5.61. The number of carbonyl (C=O) groups is 1. The second-order valence-corrected chi connectivity index (χ2v) is 5.15. The molecule has 0 unspecified atom stereocenters. The number of aromatic hydroxyl groups is 1. The summed E-state index contributed by atoms with van der Waals surface area (Å²) in [4.78, 5) is 14.3. The van der Waals surface area contributed by atoms with E-state index in [0.717, 1.165) is 18.4 Å². The molecule has 0 saturated heterocycles. The van der Waals surface area contributed by atoms with E-state index in [1.807, 2.05) is 4.90 Å². The van der Waals surface area contributed by atoms with Crippen LogP contribution in [0.5, 0.6) is 5.75 Å². The van der Waals surface area contributed by atoms with Crippen LogP contribution in [0.4, 0.5) is 0 Å². The van der Waals surface area contributed by atoms with Gasteiger partial charge in [-0.15, -0.1) is 11.6 Å². The van der Waals surface area contributed by atoms with Gasteiger partial charge in [0.2, 0.25) is 0 Å². The Hall–Kier alpha value is -1.22. The zero-order valence-corrected chi connectivity index (χ0v) is 11.3. The van der Waals surface area contributed by atoms with Crippen molar-refractivity contribution in [2.24, 2.45) is 0 Å². The molecule has 0 aromatic heterocycles. The lowest BCUT2D eigenvalue weighted by molar-refractivity contribution is 0.0598. The Morgan fingerprint density at radius 2 is 2.22 bits per heavy atom. The van der Waals surface area contributed by atoms with Crippen LogP contribution < -0.4 is 0 Å². The van der Waals surface area contributed by atoms with Gasteiger partial charge in [0.1, 0.15) is 5.75 Å². The number of rotatable bonds is 4. The van der Waals surface area contributed by atoms with Crippen LogP contribution in [0.25, 0.3) is 0 Å². The van der Waals surface area contributed by atoms with Gasteiger partial charge in [0, 0.05) is 24.0 Å². The molecule has 98 valence electrons. The lowest BCUT2D eigenvalue weighted by Crippen LogP contribution is -2.45. The summed E-state index contributed by atoms with van der Waals surface area (Å²) < 4.78 is 0. The highest BCUT2D eigenvalue weighted by atomic mass is 35.5. The van der Waals surface area contributed by atoms with Crippen molar-refractivity contribution in [2.45, 2.75) is 32.2 Å². The van der Waals surface area contributed by atoms with Gasteiger partial charge in [-0.25, -0.2) is 0 Å². The van der Waals surface area contributed by atoms with Gasteiger partial charge in [-0.2, -0.15) is 0 Å². The van der Waals surface area contributed by atoms with Crippen molar-refractivity contribution in [3.8, 4) is 5.75 Å². The Morgan fingerprint density at radius 1 is 1.50 bits per heavy atom. The molecule has 18 heavy (non-hydrogen) atoms. The van der Waals surface area contributed by atoms with Crippen LogP contribution in [-0.4, -0.2) is 34.4 Å². The molecule has 0 heterocycles. The van der Waals surface area contributed by atoms with Crippen molar-refractivity contribution in [1.29, 1.82) is 0 Å². The molecule has 0 radical (unpaired) electrons. The molecule has 1 amide bonds. The van der Waals surface area contributed by atoms with Gasteiger partial charge >= 0.3 is 0 Å². The van der Waals surface area contributed by atoms with E-state index in [1.54, 1.807) is 25.1 Å². The van der Waals surface area contributed by atoms with Crippen LogP contribution in [0, 0.1) is 6.92 Å². The SMILES string of the molecule is Cc1cc(C(=O)N(CCCl)C2CCC2)ccc1O. The van der Waals surface area contributed by atoms with E-state index in [2.05, 4.69) is 0 Å². The average Bonchev–Trinajstić information content (AvgIpc) is 2.29. The zero-order chi connectivity index (χ0) is 13.1. The number of phenolic OH excluding ortho intramolecular Hbond substituents is 1. The minimum Gasteiger partial charge on any atom is -0.508 e. The first-order chi connectivity index (χ1) is 8.63. The largest absolute Gasteiger partial charge is 0.508 e. The molecule has 4 heteroatoms. The minimum atomic E-state index is 0.0171. The van der Waals surface area contributed by atoms with Crippen molar-refractivity contribution >= 4 is 17.5 Å². The molecule has 2 rings (SSSR count). The number of hydrogen-bond donors (Lipinski definition) is 1. The van der Waals surface area contributed by atoms with E-state index in [0.29, 0.717) is 24.0 Å². The Kier molecular flexibility index (Phi) is 4.12. The van der Waals surface area contributed by atoms with Crippen LogP contribution in [0.1, 0.15) is 35.2 Å². The fourth-order valence-corrected chi connectivity index (χ4v) is 2.38. The Morgan fingerprint density at radius 3 is 2.72 bits per heavy atom. The highest BCUT2D eigenvalue weighted by Gasteiger charge is 2.28. The molecule has 1 aliphatic rings. The molecule has 1 saturated carbocycles. The maximum atomic E-state index is 12.4. The molecule has 1 fully saturated rings. The monoisotopic (exact) mass is 267 g/mol. The second-order valence-electron chi connectivity index (χ2n) is 4.77. The van der Waals surface area contributed by atoms with Gasteiger partial charge < -0.3 is 10.0 Å². The fourth-order valence-electron chi connectivity index (χ4n) is 2.19. The molecule has 1 aromatic rings. The van der Waals surface area contributed by atoms with Gasteiger partial charge in [0.25, 0.3) is 5.91 Å². The van der Waals surface area contributed by atoms with E-state index in [1.165, 1.54) is 6.42 Å². The summed E-state index contributed by atoms with van der Waals surface area (Å²) in [7, 11) is 0. The predicted octanol–water partition coefficient (Wildman–Crippen LogP) is 2.93. The van der Waals surface area contributed by atoms with Crippen molar-refractivity contribution in [1.82, 2.24) is 4.90 Å². The molecular formula is C14H18ClNO2. The first-order valence-corrected chi connectivity index (χ1v) is 6.83. The summed E-state index contributed by atoms with van der Waals surface area (Å²) in [6, 6.07) is 5.31. The molecule has 0 aliphatic heterocycles. The Bertz CT molecular complexity index is 443. The standard InChI is InChI=1S/C14H18ClNO2/c1-10-9-11(5-6-13(10)17)14(18)16(8-7-15)12-3-2-4-12/h5-6,9,12,17H,2-4,7-8H2,1H3. The number of nitrogens with zero attached hydrogens (tertiary/aromatic N) is 1. The number of hydrogen-bond acceptors (Lipinski definition) is 2. The normalized spacial score (nSPS) is 15.2. The quantitative estimate of drug-likeness (QED) is 0.852. The number of phenols is 1. The van der Waals surface area contributed by atoms with E-state index >= 15 is 0 Å². The Balaban J connectivity index is 2.18. The number of benzene rings is 1. The molecule has 0 spiro atoms. The summed E-state index contributed by atoms with van der Waals surface area (Å²) in [5.74, 6) is 0.696. The third-order valence-electron chi connectivity index (χ3n) is 3.55. The lowest BCUT2D eigenvalue weighted by Gasteiger charge is -2.37. The van der Waals surface area contributed by atoms with E-state index in [9.17, 15) is 9.90 Å². The van der Waals surface area contributed by atoms with Crippen molar-refractivity contribution in [2.75, 3.05) is 12.4 Å². The van der Waals surface area contributed by atoms with Crippen LogP contribution >= 0.6 is 11.6 Å². The van der Waals surface area contributed by atoms with E-state index in [-0.39, 0.29) is 11.7 Å². The maximum absolute atomic E-state index is 12.4. The van der Waals surface area contributed by atoms with Gasteiger partial charge in [-0.3, -0.25) is 4.79 Å². The number of alkyl halides is 1. The van der Waals surface area contributed by atoms with Gasteiger partial charge in [0.15, 0.2) is 0 Å². The smallest absolute Gasteiger partial charge is 0.254 e. The number of carbonyl (C=O) groups excluding carboxylic acids is 1. The first kappa shape index (κ1) is 13.2. The van der Waals surface area contributed by atoms with Crippen LogP contribution in [-0.2, 0) is 0 Å². The van der Waals surface area contributed by atoms with Crippen LogP contribution in [0.3, 0.4) is 0 Å². The van der Waals surface area contributed by atoms with Crippen molar-refractivity contribution in [3.63, 3.8) is 0 Å². The molecular weight excluding hydrogens is 250 g/mol. The molecule has 1 aromatic carbocycles. The lowest BCUT2D eigenvalue weighted by atomic mass is 9.91. The molecule has 1 aliphatic carbocycles. The number of halogens is 1. The van der Waals surface area contributed by atoms with Crippen molar-refractivity contribution in [3.05, 3.63) is 29.3 Å². The third kappa shape index (κ3) is 2.61. The Labute approximate surface area is 112 Å². The fraction of sp³-hybridized carbons (Fsp3) is 0.500. The number of aryl methyl sites for hydroxylation is 1. The summed E-state index contributed by atoms with van der Waals surface area (Å²) >= 11 is 5.78. The van der Waals surface area contributed by atoms with Crippen LogP contribution in [0.15, 0.2) is 18.2 Å². The van der Waals surface area contributed by atoms with Gasteiger partial charge in [-0.05, 0) is 49.9 Å². The highest BCUT2D eigenvalue weighted by Crippen LogP contribution is 2.27. The van der Waals surface area contributed by atoms with Crippen LogP contribution in [0.2, 0.25) is 0 Å². The molecule has 1 N–H and O–H groups in total. The van der Waals surface area contributed by atoms with Gasteiger partial charge in [0.05, 0.1) is 0 Å². The maximum Gasteiger partial charge on any atom is 0.254 e. The van der Waals surface area contributed by atoms with E-state index in [4.69, 9.17) is 11.6 Å². The first-order valence-electron chi connectivity index (χ1n) is 6.30. The molecule has 3 nitrogen and oxygen atoms in total. The summed E-state index contributed by atoms with van der Waals surface area (Å²) in [5.41, 5.74) is 1.35. The topological polar surface area (TPSA) is 40.5 Å². The average molecular weight is 268 g/mol. The summed E-state index contributed by atoms with van der Waals surface area (Å²) in [6.07, 6.45) is 3.32. The van der Waals surface area contributed by atoms with Crippen molar-refractivity contribution < 1.29 is 9.90 Å². The third-order valence-corrected chi connectivity index (χ3v) is 3.71. The zero-order valence-electron chi connectivity index (χ0n) is 10.5. The highest BCUT2D eigenvalue weighted by molar-refractivity contribution is 6.18. The van der Waals surface area contributed by atoms with Gasteiger partial charge in [-0.1, -0.05) is 0 Å². The molecule has 0 atom stereocenters. The molecule has 0 bridgehead atoms.